The predicted octanol–water partition coefficient (Wildman–Crippen LogP) is 3.93. The maximum atomic E-state index is 4.48. The Morgan fingerprint density at radius 2 is 2.12 bits per heavy atom. The lowest BCUT2D eigenvalue weighted by atomic mass is 10.0. The van der Waals surface area contributed by atoms with Crippen molar-refractivity contribution in [3.8, 4) is 0 Å². The molecule has 0 amide bonds. The molecule has 0 saturated heterocycles. The molecular weight excluding hydrogens is 264 g/mol. The molecule has 0 fully saturated rings. The quantitative estimate of drug-likeness (QED) is 0.856. The largest absolute Gasteiger partial charge is 0.309 e. The average Bonchev–Trinajstić information content (AvgIpc) is 2.25. The van der Waals surface area contributed by atoms with Gasteiger partial charge in [0.05, 0.1) is 5.69 Å². The maximum Gasteiger partial charge on any atom is 0.0574 e. The van der Waals surface area contributed by atoms with Crippen LogP contribution in [0.3, 0.4) is 0 Å². The van der Waals surface area contributed by atoms with Crippen molar-refractivity contribution < 1.29 is 0 Å². The fourth-order valence-corrected chi connectivity index (χ4v) is 1.93. The Labute approximate surface area is 107 Å². The molecule has 1 aromatic rings. The van der Waals surface area contributed by atoms with E-state index in [9.17, 15) is 0 Å². The molecule has 0 radical (unpaired) electrons. The zero-order chi connectivity index (χ0) is 12.0. The second-order valence-electron chi connectivity index (χ2n) is 4.54. The Morgan fingerprint density at radius 3 is 2.62 bits per heavy atom. The van der Waals surface area contributed by atoms with Crippen LogP contribution >= 0.6 is 15.9 Å². The summed E-state index contributed by atoms with van der Waals surface area (Å²) >= 11 is 3.42. The molecule has 0 aromatic carbocycles. The molecule has 0 aliphatic heterocycles. The third-order valence-corrected chi connectivity index (χ3v) is 2.92. The van der Waals surface area contributed by atoms with Crippen molar-refractivity contribution in [2.75, 3.05) is 6.54 Å². The lowest BCUT2D eigenvalue weighted by Crippen LogP contribution is -2.24. The van der Waals surface area contributed by atoms with Gasteiger partial charge in [0.25, 0.3) is 0 Å². The highest BCUT2D eigenvalue weighted by atomic mass is 79.9. The lowest BCUT2D eigenvalue weighted by molar-refractivity contribution is 0.423. The minimum Gasteiger partial charge on any atom is -0.309 e. The van der Waals surface area contributed by atoms with Crippen LogP contribution in [0.2, 0.25) is 0 Å². The molecule has 1 atom stereocenters. The Hall–Kier alpha value is -0.410. The fraction of sp³-hybridized carbons (Fsp3) is 0.615. The summed E-state index contributed by atoms with van der Waals surface area (Å²) in [5.41, 5.74) is 1.14. The van der Waals surface area contributed by atoms with Crippen molar-refractivity contribution >= 4 is 15.9 Å². The number of rotatable bonds is 6. The van der Waals surface area contributed by atoms with E-state index in [4.69, 9.17) is 0 Å². The van der Waals surface area contributed by atoms with Gasteiger partial charge in [-0.1, -0.05) is 20.8 Å². The number of nitrogens with zero attached hydrogens (tertiary/aromatic N) is 1. The standard InChI is InChI=1S/C13H21BrN2/c1-4-7-15-13(8-10(2)3)12-6-5-11(14)9-16-12/h5-6,9-10,13,15H,4,7-8H2,1-3H3. The third kappa shape index (κ3) is 4.62. The summed E-state index contributed by atoms with van der Waals surface area (Å²) in [5.74, 6) is 0.680. The fourth-order valence-electron chi connectivity index (χ4n) is 1.69. The highest BCUT2D eigenvalue weighted by Gasteiger charge is 2.13. The lowest BCUT2D eigenvalue weighted by Gasteiger charge is -2.20. The van der Waals surface area contributed by atoms with Crippen molar-refractivity contribution in [1.29, 1.82) is 0 Å². The van der Waals surface area contributed by atoms with Crippen LogP contribution < -0.4 is 5.32 Å². The Kier molecular flexibility index (Phi) is 5.99. The molecule has 1 rings (SSSR count). The number of hydrogen-bond donors (Lipinski definition) is 1. The molecule has 0 aliphatic carbocycles. The summed E-state index contributed by atoms with van der Waals surface area (Å²) < 4.78 is 1.04. The van der Waals surface area contributed by atoms with Crippen LogP contribution in [0.4, 0.5) is 0 Å². The summed E-state index contributed by atoms with van der Waals surface area (Å²) in [6.07, 6.45) is 4.16. The molecule has 0 aliphatic rings. The van der Waals surface area contributed by atoms with Crippen LogP contribution in [0.5, 0.6) is 0 Å². The van der Waals surface area contributed by atoms with E-state index in [1.54, 1.807) is 0 Å². The van der Waals surface area contributed by atoms with E-state index >= 15 is 0 Å². The van der Waals surface area contributed by atoms with E-state index in [0.29, 0.717) is 12.0 Å². The number of nitrogens with one attached hydrogen (secondary N) is 1. The first kappa shape index (κ1) is 13.7. The van der Waals surface area contributed by atoms with Crippen molar-refractivity contribution in [2.45, 2.75) is 39.7 Å². The van der Waals surface area contributed by atoms with E-state index in [-0.39, 0.29) is 0 Å². The first-order chi connectivity index (χ1) is 7.63. The van der Waals surface area contributed by atoms with Crippen LogP contribution in [0.1, 0.15) is 45.3 Å². The molecule has 1 N–H and O–H groups in total. The highest BCUT2D eigenvalue weighted by molar-refractivity contribution is 9.10. The van der Waals surface area contributed by atoms with E-state index in [0.717, 1.165) is 29.6 Å². The molecule has 16 heavy (non-hydrogen) atoms. The van der Waals surface area contributed by atoms with Gasteiger partial charge in [-0.05, 0) is 53.4 Å². The van der Waals surface area contributed by atoms with Gasteiger partial charge in [-0.15, -0.1) is 0 Å². The van der Waals surface area contributed by atoms with Gasteiger partial charge in [0.2, 0.25) is 0 Å². The van der Waals surface area contributed by atoms with Crippen molar-refractivity contribution in [3.63, 3.8) is 0 Å². The van der Waals surface area contributed by atoms with Gasteiger partial charge in [-0.2, -0.15) is 0 Å². The summed E-state index contributed by atoms with van der Waals surface area (Å²) in [6.45, 7) is 7.74. The first-order valence-electron chi connectivity index (χ1n) is 5.98. The van der Waals surface area contributed by atoms with Crippen LogP contribution in [0.25, 0.3) is 0 Å². The van der Waals surface area contributed by atoms with Gasteiger partial charge in [0.15, 0.2) is 0 Å². The van der Waals surface area contributed by atoms with E-state index in [2.05, 4.69) is 59.1 Å². The minimum absolute atomic E-state index is 0.382. The summed E-state index contributed by atoms with van der Waals surface area (Å²) in [6, 6.07) is 4.54. The minimum atomic E-state index is 0.382. The topological polar surface area (TPSA) is 24.9 Å². The molecule has 1 heterocycles. The second-order valence-corrected chi connectivity index (χ2v) is 5.45. The monoisotopic (exact) mass is 284 g/mol. The maximum absolute atomic E-state index is 4.48. The van der Waals surface area contributed by atoms with E-state index < -0.39 is 0 Å². The van der Waals surface area contributed by atoms with E-state index in [1.807, 2.05) is 6.20 Å². The van der Waals surface area contributed by atoms with Crippen LogP contribution in [-0.2, 0) is 0 Å². The van der Waals surface area contributed by atoms with Gasteiger partial charge in [-0.3, -0.25) is 4.98 Å². The molecular formula is C13H21BrN2. The molecule has 2 nitrogen and oxygen atoms in total. The molecule has 0 spiro atoms. The smallest absolute Gasteiger partial charge is 0.0574 e. The number of halogens is 1. The Balaban J connectivity index is 2.70. The Bertz CT molecular complexity index is 295. The van der Waals surface area contributed by atoms with Gasteiger partial charge in [0.1, 0.15) is 0 Å². The van der Waals surface area contributed by atoms with Crippen molar-refractivity contribution in [2.24, 2.45) is 5.92 Å². The van der Waals surface area contributed by atoms with Crippen molar-refractivity contribution in [1.82, 2.24) is 10.3 Å². The Morgan fingerprint density at radius 1 is 1.38 bits per heavy atom. The first-order valence-corrected chi connectivity index (χ1v) is 6.77. The van der Waals surface area contributed by atoms with Crippen LogP contribution in [-0.4, -0.2) is 11.5 Å². The molecule has 3 heteroatoms. The van der Waals surface area contributed by atoms with Crippen LogP contribution in [0.15, 0.2) is 22.8 Å². The normalized spacial score (nSPS) is 13.1. The summed E-state index contributed by atoms with van der Waals surface area (Å²) in [4.78, 5) is 4.48. The molecule has 0 bridgehead atoms. The van der Waals surface area contributed by atoms with Gasteiger partial charge in [0, 0.05) is 16.7 Å². The van der Waals surface area contributed by atoms with Gasteiger partial charge >= 0.3 is 0 Å². The average molecular weight is 285 g/mol. The van der Waals surface area contributed by atoms with Gasteiger partial charge < -0.3 is 5.32 Å². The number of hydrogen-bond acceptors (Lipinski definition) is 2. The highest BCUT2D eigenvalue weighted by Crippen LogP contribution is 2.20. The molecule has 90 valence electrons. The third-order valence-electron chi connectivity index (χ3n) is 2.46. The summed E-state index contributed by atoms with van der Waals surface area (Å²) in [5, 5.41) is 3.56. The van der Waals surface area contributed by atoms with Crippen LogP contribution in [0, 0.1) is 5.92 Å². The zero-order valence-corrected chi connectivity index (χ0v) is 11.9. The molecule has 1 aromatic heterocycles. The molecule has 1 unspecified atom stereocenters. The predicted molar refractivity (Wildman–Crippen MR) is 72.4 cm³/mol. The summed E-state index contributed by atoms with van der Waals surface area (Å²) in [7, 11) is 0. The second kappa shape index (κ2) is 7.02. The van der Waals surface area contributed by atoms with Gasteiger partial charge in [-0.25, -0.2) is 0 Å². The van der Waals surface area contributed by atoms with E-state index in [1.165, 1.54) is 0 Å². The number of pyridine rings is 1. The zero-order valence-electron chi connectivity index (χ0n) is 10.3. The SMILES string of the molecule is CCCNC(CC(C)C)c1ccc(Br)cn1. The number of aromatic nitrogens is 1. The molecule has 0 saturated carbocycles. The van der Waals surface area contributed by atoms with Crippen molar-refractivity contribution in [3.05, 3.63) is 28.5 Å².